The van der Waals surface area contributed by atoms with E-state index in [9.17, 15) is 0 Å². The van der Waals surface area contributed by atoms with Gasteiger partial charge in [-0.05, 0) is 44.5 Å². The van der Waals surface area contributed by atoms with Gasteiger partial charge in [-0.3, -0.25) is 4.99 Å². The zero-order valence-corrected chi connectivity index (χ0v) is 13.0. The number of nitrogens with zero attached hydrogens (tertiary/aromatic N) is 2. The van der Waals surface area contributed by atoms with Gasteiger partial charge >= 0.3 is 0 Å². The Kier molecular flexibility index (Phi) is 6.85. The minimum Gasteiger partial charge on any atom is -0.355 e. The highest BCUT2D eigenvalue weighted by Crippen LogP contribution is 2.25. The van der Waals surface area contributed by atoms with Gasteiger partial charge in [-0.15, -0.1) is 0 Å². The van der Waals surface area contributed by atoms with E-state index < -0.39 is 0 Å². The fourth-order valence-electron chi connectivity index (χ4n) is 2.75. The Morgan fingerprint density at radius 1 is 1.21 bits per heavy atom. The Labute approximate surface area is 121 Å². The normalized spacial score (nSPS) is 25.5. The molecule has 0 aromatic rings. The van der Waals surface area contributed by atoms with Gasteiger partial charge in [-0.1, -0.05) is 6.42 Å². The van der Waals surface area contributed by atoms with E-state index in [1.54, 1.807) is 0 Å². The molecule has 2 aliphatic rings. The summed E-state index contributed by atoms with van der Waals surface area (Å²) in [6.07, 6.45) is 6.87. The summed E-state index contributed by atoms with van der Waals surface area (Å²) >= 11 is 2.09. The third kappa shape index (κ3) is 5.61. The zero-order valence-electron chi connectivity index (χ0n) is 12.2. The molecule has 2 rings (SSSR count). The number of hydrogen-bond donors (Lipinski definition) is 2. The lowest BCUT2D eigenvalue weighted by molar-refractivity contribution is 0.232. The average Bonchev–Trinajstić information content (AvgIpc) is 2.97. The molecule has 2 fully saturated rings. The van der Waals surface area contributed by atoms with Gasteiger partial charge in [0.1, 0.15) is 0 Å². The third-order valence-electron chi connectivity index (χ3n) is 3.91. The summed E-state index contributed by atoms with van der Waals surface area (Å²) in [6.45, 7) is 5.73. The summed E-state index contributed by atoms with van der Waals surface area (Å²) in [7, 11) is 1.86. The van der Waals surface area contributed by atoms with E-state index in [-0.39, 0.29) is 0 Å². The highest BCUT2D eigenvalue weighted by atomic mass is 32.2. The number of rotatable bonds is 5. The molecule has 0 saturated carbocycles. The zero-order chi connectivity index (χ0) is 13.3. The van der Waals surface area contributed by atoms with Crippen LogP contribution >= 0.6 is 11.8 Å². The molecule has 2 N–H and O–H groups in total. The van der Waals surface area contributed by atoms with Crippen LogP contribution in [-0.2, 0) is 0 Å². The molecule has 19 heavy (non-hydrogen) atoms. The van der Waals surface area contributed by atoms with Gasteiger partial charge in [0.25, 0.3) is 0 Å². The van der Waals surface area contributed by atoms with Crippen molar-refractivity contribution in [3.05, 3.63) is 0 Å². The molecule has 2 heterocycles. The maximum Gasteiger partial charge on any atom is 0.191 e. The summed E-state index contributed by atoms with van der Waals surface area (Å²) in [5, 5.41) is 7.66. The summed E-state index contributed by atoms with van der Waals surface area (Å²) in [5.74, 6) is 2.29. The number of thioether (sulfide) groups is 1. The Morgan fingerprint density at radius 2 is 2.05 bits per heavy atom. The van der Waals surface area contributed by atoms with Gasteiger partial charge in [-0.2, -0.15) is 11.8 Å². The molecule has 5 heteroatoms. The highest BCUT2D eigenvalue weighted by Gasteiger charge is 2.15. The Bertz CT molecular complexity index is 271. The average molecular weight is 284 g/mol. The summed E-state index contributed by atoms with van der Waals surface area (Å²) in [4.78, 5) is 6.85. The molecule has 0 aromatic heterocycles. The Balaban J connectivity index is 1.56. The predicted molar refractivity (Wildman–Crippen MR) is 85.1 cm³/mol. The van der Waals surface area contributed by atoms with Crippen LogP contribution in [0.4, 0.5) is 0 Å². The van der Waals surface area contributed by atoms with Crippen molar-refractivity contribution in [3.63, 3.8) is 0 Å². The van der Waals surface area contributed by atoms with E-state index in [1.807, 2.05) is 7.05 Å². The molecule has 0 aliphatic carbocycles. The molecular weight excluding hydrogens is 256 g/mol. The molecular formula is C14H28N4S. The molecule has 1 atom stereocenters. The minimum atomic E-state index is 0.778. The predicted octanol–water partition coefficient (Wildman–Crippen LogP) is 1.53. The second kappa shape index (κ2) is 8.69. The highest BCUT2D eigenvalue weighted by molar-refractivity contribution is 8.00. The largest absolute Gasteiger partial charge is 0.355 e. The molecule has 2 aliphatic heterocycles. The van der Waals surface area contributed by atoms with Crippen molar-refractivity contribution < 1.29 is 0 Å². The molecule has 0 spiro atoms. The molecule has 110 valence electrons. The van der Waals surface area contributed by atoms with E-state index in [1.165, 1.54) is 50.9 Å². The first-order chi connectivity index (χ1) is 9.38. The molecule has 0 bridgehead atoms. The molecule has 1 unspecified atom stereocenters. The van der Waals surface area contributed by atoms with Crippen molar-refractivity contribution in [3.8, 4) is 0 Å². The van der Waals surface area contributed by atoms with Crippen LogP contribution in [0, 0.1) is 0 Å². The van der Waals surface area contributed by atoms with Crippen LogP contribution < -0.4 is 10.6 Å². The molecule has 0 aromatic carbocycles. The van der Waals surface area contributed by atoms with Gasteiger partial charge in [0.15, 0.2) is 5.96 Å². The van der Waals surface area contributed by atoms with Gasteiger partial charge in [0.05, 0.1) is 0 Å². The van der Waals surface area contributed by atoms with Gasteiger partial charge in [0, 0.05) is 31.9 Å². The van der Waals surface area contributed by atoms with Crippen molar-refractivity contribution in [2.45, 2.75) is 37.4 Å². The lowest BCUT2D eigenvalue weighted by atomic mass is 10.1. The van der Waals surface area contributed by atoms with E-state index in [0.717, 1.165) is 30.8 Å². The Hall–Kier alpha value is -0.420. The quantitative estimate of drug-likeness (QED) is 0.593. The monoisotopic (exact) mass is 284 g/mol. The third-order valence-corrected chi connectivity index (χ3v) is 5.31. The second-order valence-corrected chi connectivity index (χ2v) is 6.83. The van der Waals surface area contributed by atoms with Gasteiger partial charge in [0.2, 0.25) is 0 Å². The number of likely N-dealkylation sites (tertiary alicyclic amines) is 1. The fourth-order valence-corrected chi connectivity index (χ4v) is 3.95. The molecule has 0 amide bonds. The first-order valence-corrected chi connectivity index (χ1v) is 8.72. The van der Waals surface area contributed by atoms with E-state index in [2.05, 4.69) is 32.3 Å². The van der Waals surface area contributed by atoms with Crippen molar-refractivity contribution >= 4 is 17.7 Å². The van der Waals surface area contributed by atoms with E-state index in [4.69, 9.17) is 0 Å². The number of aliphatic imine (C=N–C) groups is 1. The van der Waals surface area contributed by atoms with Crippen molar-refractivity contribution in [1.29, 1.82) is 0 Å². The molecule has 4 nitrogen and oxygen atoms in total. The summed E-state index contributed by atoms with van der Waals surface area (Å²) in [6, 6.07) is 0. The van der Waals surface area contributed by atoms with Crippen LogP contribution in [0.3, 0.4) is 0 Å². The first-order valence-electron chi connectivity index (χ1n) is 7.67. The number of piperidine rings is 1. The summed E-state index contributed by atoms with van der Waals surface area (Å²) < 4.78 is 0. The molecule has 2 saturated heterocycles. The van der Waals surface area contributed by atoms with Crippen LogP contribution in [-0.4, -0.2) is 61.6 Å². The van der Waals surface area contributed by atoms with Gasteiger partial charge in [-0.25, -0.2) is 0 Å². The lowest BCUT2D eigenvalue weighted by Gasteiger charge is -2.26. The maximum atomic E-state index is 4.30. The Morgan fingerprint density at radius 3 is 2.74 bits per heavy atom. The van der Waals surface area contributed by atoms with Crippen molar-refractivity contribution in [1.82, 2.24) is 15.5 Å². The second-order valence-electron chi connectivity index (χ2n) is 5.42. The number of guanidine groups is 1. The van der Waals surface area contributed by atoms with E-state index >= 15 is 0 Å². The summed E-state index contributed by atoms with van der Waals surface area (Å²) in [5.41, 5.74) is 0. The van der Waals surface area contributed by atoms with Crippen LogP contribution in [0.25, 0.3) is 0 Å². The SMILES string of the molecule is CN=C(NCCN1CCCCC1)NCC1CCCS1. The van der Waals surface area contributed by atoms with Crippen molar-refractivity contribution in [2.24, 2.45) is 4.99 Å². The number of nitrogens with one attached hydrogen (secondary N) is 2. The van der Waals surface area contributed by atoms with Crippen LogP contribution in [0.1, 0.15) is 32.1 Å². The van der Waals surface area contributed by atoms with Crippen LogP contribution in [0.15, 0.2) is 4.99 Å². The smallest absolute Gasteiger partial charge is 0.191 e. The topological polar surface area (TPSA) is 39.7 Å². The molecule has 0 radical (unpaired) electrons. The van der Waals surface area contributed by atoms with Gasteiger partial charge < -0.3 is 15.5 Å². The van der Waals surface area contributed by atoms with Crippen LogP contribution in [0.2, 0.25) is 0 Å². The number of hydrogen-bond acceptors (Lipinski definition) is 3. The van der Waals surface area contributed by atoms with Crippen LogP contribution in [0.5, 0.6) is 0 Å². The standard InChI is InChI=1S/C14H28N4S/c1-15-14(17-12-13-6-5-11-19-13)16-7-10-18-8-3-2-4-9-18/h13H,2-12H2,1H3,(H2,15,16,17). The van der Waals surface area contributed by atoms with E-state index in [0.29, 0.717) is 0 Å². The fraction of sp³-hybridized carbons (Fsp3) is 0.929. The maximum absolute atomic E-state index is 4.30. The minimum absolute atomic E-state index is 0.778. The first kappa shape index (κ1) is 15.0. The van der Waals surface area contributed by atoms with Crippen molar-refractivity contribution in [2.75, 3.05) is 45.5 Å². The lowest BCUT2D eigenvalue weighted by Crippen LogP contribution is -2.44.